The summed E-state index contributed by atoms with van der Waals surface area (Å²) in [7, 11) is 0. The summed E-state index contributed by atoms with van der Waals surface area (Å²) < 4.78 is 41.9. The van der Waals surface area contributed by atoms with E-state index < -0.39 is 24.3 Å². The van der Waals surface area contributed by atoms with Crippen molar-refractivity contribution in [3.05, 3.63) is 52.7 Å². The van der Waals surface area contributed by atoms with E-state index in [4.69, 9.17) is 4.74 Å². The number of nitrogens with one attached hydrogen (secondary N) is 1. The molecule has 2 heterocycles. The Kier molecular flexibility index (Phi) is 5.95. The van der Waals surface area contributed by atoms with Crippen LogP contribution in [-0.2, 0) is 17.9 Å². The third-order valence-electron chi connectivity index (χ3n) is 4.71. The van der Waals surface area contributed by atoms with E-state index in [-0.39, 0.29) is 30.6 Å². The number of carbonyl (C=O) groups is 2. The van der Waals surface area contributed by atoms with Gasteiger partial charge in [-0.3, -0.25) is 9.59 Å². The van der Waals surface area contributed by atoms with Crippen molar-refractivity contribution in [3.63, 3.8) is 0 Å². The van der Waals surface area contributed by atoms with Gasteiger partial charge in [0, 0.05) is 23.9 Å². The van der Waals surface area contributed by atoms with Gasteiger partial charge in [-0.25, -0.2) is 4.98 Å². The van der Waals surface area contributed by atoms with Crippen LogP contribution in [0.5, 0.6) is 5.75 Å². The molecule has 2 amide bonds. The fourth-order valence-corrected chi connectivity index (χ4v) is 3.13. The SMILES string of the molecule is Cc1cc(CN2Cc3c(ccnc3NC(=O)C(C)(C)O)C2=O)ccc1OCC(F)(F)F. The molecule has 1 aliphatic rings. The quantitative estimate of drug-likeness (QED) is 0.724. The lowest BCUT2D eigenvalue weighted by Gasteiger charge is -2.18. The lowest BCUT2D eigenvalue weighted by molar-refractivity contribution is -0.153. The van der Waals surface area contributed by atoms with Gasteiger partial charge < -0.3 is 20.1 Å². The topological polar surface area (TPSA) is 91.8 Å². The lowest BCUT2D eigenvalue weighted by Crippen LogP contribution is -2.37. The minimum Gasteiger partial charge on any atom is -0.484 e. The van der Waals surface area contributed by atoms with Crippen molar-refractivity contribution in [2.24, 2.45) is 0 Å². The maximum atomic E-state index is 12.8. The van der Waals surface area contributed by atoms with Gasteiger partial charge in [-0.05, 0) is 44.0 Å². The van der Waals surface area contributed by atoms with E-state index in [0.717, 1.165) is 0 Å². The number of aryl methyl sites for hydroxylation is 1. The second kappa shape index (κ2) is 8.18. The minimum absolute atomic E-state index is 0.123. The van der Waals surface area contributed by atoms with E-state index in [0.29, 0.717) is 22.3 Å². The number of carbonyl (C=O) groups excluding carboxylic acids is 2. The van der Waals surface area contributed by atoms with Gasteiger partial charge in [0.05, 0.1) is 6.54 Å². The predicted molar refractivity (Wildman–Crippen MR) is 105 cm³/mol. The molecule has 0 radical (unpaired) electrons. The Morgan fingerprint density at radius 3 is 2.61 bits per heavy atom. The molecule has 2 N–H and O–H groups in total. The molecule has 31 heavy (non-hydrogen) atoms. The third kappa shape index (κ3) is 5.32. The van der Waals surface area contributed by atoms with Crippen LogP contribution in [0.3, 0.4) is 0 Å². The number of ether oxygens (including phenoxy) is 1. The van der Waals surface area contributed by atoms with E-state index in [2.05, 4.69) is 10.3 Å². The van der Waals surface area contributed by atoms with Crippen LogP contribution in [0.2, 0.25) is 0 Å². The Balaban J connectivity index is 1.74. The average Bonchev–Trinajstić information content (AvgIpc) is 2.96. The number of nitrogens with zero attached hydrogens (tertiary/aromatic N) is 2. The molecule has 3 rings (SSSR count). The highest BCUT2D eigenvalue weighted by molar-refractivity contribution is 6.02. The van der Waals surface area contributed by atoms with Crippen molar-refractivity contribution in [1.82, 2.24) is 9.88 Å². The first-order chi connectivity index (χ1) is 14.3. The summed E-state index contributed by atoms with van der Waals surface area (Å²) in [5.41, 5.74) is 0.550. The van der Waals surface area contributed by atoms with Crippen LogP contribution in [0.25, 0.3) is 0 Å². The minimum atomic E-state index is -4.43. The van der Waals surface area contributed by atoms with Crippen molar-refractivity contribution < 1.29 is 32.6 Å². The van der Waals surface area contributed by atoms with Crippen molar-refractivity contribution in [1.29, 1.82) is 0 Å². The highest BCUT2D eigenvalue weighted by atomic mass is 19.4. The van der Waals surface area contributed by atoms with Crippen LogP contribution in [0.15, 0.2) is 30.5 Å². The molecule has 0 saturated carbocycles. The first-order valence-electron chi connectivity index (χ1n) is 9.45. The second-order valence-corrected chi connectivity index (χ2v) is 7.86. The van der Waals surface area contributed by atoms with Crippen LogP contribution in [-0.4, -0.2) is 45.2 Å². The van der Waals surface area contributed by atoms with Gasteiger partial charge in [0.1, 0.15) is 17.2 Å². The molecule has 1 aliphatic heterocycles. The molecule has 7 nitrogen and oxygen atoms in total. The number of hydrogen-bond donors (Lipinski definition) is 2. The number of amides is 2. The van der Waals surface area contributed by atoms with E-state index in [1.165, 1.54) is 31.0 Å². The molecule has 2 aromatic rings. The summed E-state index contributed by atoms with van der Waals surface area (Å²) in [4.78, 5) is 30.5. The maximum absolute atomic E-state index is 12.8. The number of benzene rings is 1. The fraction of sp³-hybridized carbons (Fsp3) is 0.381. The van der Waals surface area contributed by atoms with Gasteiger partial charge in [0.25, 0.3) is 11.8 Å². The van der Waals surface area contributed by atoms with Crippen molar-refractivity contribution in [2.45, 2.75) is 45.6 Å². The molecule has 0 fully saturated rings. The van der Waals surface area contributed by atoms with Gasteiger partial charge in [0.15, 0.2) is 6.61 Å². The fourth-order valence-electron chi connectivity index (χ4n) is 3.13. The van der Waals surface area contributed by atoms with Crippen molar-refractivity contribution in [2.75, 3.05) is 11.9 Å². The number of fused-ring (bicyclic) bond motifs is 1. The smallest absolute Gasteiger partial charge is 0.422 e. The number of anilines is 1. The van der Waals surface area contributed by atoms with Crippen LogP contribution in [0.1, 0.15) is 40.9 Å². The first kappa shape index (κ1) is 22.5. The summed E-state index contributed by atoms with van der Waals surface area (Å²) >= 11 is 0. The highest BCUT2D eigenvalue weighted by Gasteiger charge is 2.32. The number of aliphatic hydroxyl groups is 1. The molecule has 1 aromatic carbocycles. The van der Waals surface area contributed by atoms with Gasteiger partial charge in [0.2, 0.25) is 0 Å². The Morgan fingerprint density at radius 2 is 2.00 bits per heavy atom. The number of hydrogen-bond acceptors (Lipinski definition) is 5. The number of halogens is 3. The molecule has 10 heteroatoms. The van der Waals surface area contributed by atoms with Gasteiger partial charge in [-0.15, -0.1) is 0 Å². The van der Waals surface area contributed by atoms with Crippen LogP contribution in [0, 0.1) is 6.92 Å². The number of aromatic nitrogens is 1. The molecule has 0 atom stereocenters. The predicted octanol–water partition coefficient (Wildman–Crippen LogP) is 3.20. The summed E-state index contributed by atoms with van der Waals surface area (Å²) in [5.74, 6) is -0.582. The summed E-state index contributed by atoms with van der Waals surface area (Å²) in [6, 6.07) is 6.26. The van der Waals surface area contributed by atoms with E-state index >= 15 is 0 Å². The van der Waals surface area contributed by atoms with Gasteiger partial charge in [-0.2, -0.15) is 13.2 Å². The number of pyridine rings is 1. The average molecular weight is 437 g/mol. The van der Waals surface area contributed by atoms with Gasteiger partial charge in [-0.1, -0.05) is 12.1 Å². The molecular formula is C21H22F3N3O4. The molecule has 0 spiro atoms. The Labute approximate surface area is 176 Å². The van der Waals surface area contributed by atoms with Crippen LogP contribution in [0.4, 0.5) is 19.0 Å². The van der Waals surface area contributed by atoms with E-state index in [1.54, 1.807) is 25.1 Å². The van der Waals surface area contributed by atoms with Crippen LogP contribution >= 0.6 is 0 Å². The molecule has 0 unspecified atom stereocenters. The molecule has 166 valence electrons. The zero-order valence-electron chi connectivity index (χ0n) is 17.2. The normalized spacial score (nSPS) is 13.9. The van der Waals surface area contributed by atoms with Crippen molar-refractivity contribution >= 4 is 17.6 Å². The first-order valence-corrected chi connectivity index (χ1v) is 9.45. The Morgan fingerprint density at radius 1 is 1.29 bits per heavy atom. The van der Waals surface area contributed by atoms with E-state index in [1.807, 2.05) is 0 Å². The summed E-state index contributed by atoms with van der Waals surface area (Å²) in [6.07, 6.45) is -3.03. The monoisotopic (exact) mass is 437 g/mol. The maximum Gasteiger partial charge on any atom is 0.422 e. The summed E-state index contributed by atoms with van der Waals surface area (Å²) in [5, 5.41) is 12.4. The molecular weight excluding hydrogens is 415 g/mol. The lowest BCUT2D eigenvalue weighted by atomic mass is 10.1. The highest BCUT2D eigenvalue weighted by Crippen LogP contribution is 2.30. The molecule has 0 saturated heterocycles. The standard InChI is InChI=1S/C21H22F3N3O4/c1-12-8-13(4-5-16(12)31-11-21(22,23)24)9-27-10-15-14(18(27)28)6-7-25-17(15)26-19(29)20(2,3)30/h4-8,30H,9-11H2,1-3H3,(H,25,26,29). The largest absolute Gasteiger partial charge is 0.484 e. The summed E-state index contributed by atoms with van der Waals surface area (Å²) in [6.45, 7) is 3.34. The molecule has 0 bridgehead atoms. The Bertz CT molecular complexity index is 1020. The Hall–Kier alpha value is -3.14. The van der Waals surface area contributed by atoms with Crippen molar-refractivity contribution in [3.8, 4) is 5.75 Å². The third-order valence-corrected chi connectivity index (χ3v) is 4.71. The molecule has 0 aliphatic carbocycles. The van der Waals surface area contributed by atoms with E-state index in [9.17, 15) is 27.9 Å². The molecule has 1 aromatic heterocycles. The second-order valence-electron chi connectivity index (χ2n) is 7.86. The van der Waals surface area contributed by atoms with Gasteiger partial charge >= 0.3 is 6.18 Å². The number of alkyl halides is 3. The zero-order valence-corrected chi connectivity index (χ0v) is 17.2. The zero-order chi connectivity index (χ0) is 23.0. The number of rotatable bonds is 6. The van der Waals surface area contributed by atoms with Crippen LogP contribution < -0.4 is 10.1 Å².